The summed E-state index contributed by atoms with van der Waals surface area (Å²) >= 11 is 0. The van der Waals surface area contributed by atoms with Gasteiger partial charge in [-0.3, -0.25) is 0 Å². The second kappa shape index (κ2) is 3.94. The summed E-state index contributed by atoms with van der Waals surface area (Å²) in [7, 11) is 0. The zero-order chi connectivity index (χ0) is 9.84. The van der Waals surface area contributed by atoms with Crippen LogP contribution in [0, 0.1) is 24.0 Å². The van der Waals surface area contributed by atoms with Gasteiger partial charge in [0.15, 0.2) is 11.6 Å². The SMILES string of the molecule is [C-]#[N+]CCc1cc(F)c(F)cc1F. The number of rotatable bonds is 2. The van der Waals surface area contributed by atoms with E-state index in [0.717, 1.165) is 6.07 Å². The van der Waals surface area contributed by atoms with Crippen LogP contribution in [-0.2, 0) is 6.42 Å². The standard InChI is InChI=1S/C9H6F3N/c1-13-3-2-6-4-8(11)9(12)5-7(6)10/h4-5H,2-3H2. The Kier molecular flexibility index (Phi) is 2.91. The van der Waals surface area contributed by atoms with Gasteiger partial charge in [0.25, 0.3) is 0 Å². The van der Waals surface area contributed by atoms with Crippen molar-refractivity contribution >= 4 is 0 Å². The van der Waals surface area contributed by atoms with E-state index in [1.807, 2.05) is 0 Å². The zero-order valence-electron chi connectivity index (χ0n) is 6.65. The molecule has 0 spiro atoms. The van der Waals surface area contributed by atoms with E-state index in [9.17, 15) is 13.2 Å². The molecule has 0 heterocycles. The van der Waals surface area contributed by atoms with Crippen LogP contribution in [0.15, 0.2) is 12.1 Å². The highest BCUT2D eigenvalue weighted by atomic mass is 19.2. The first-order chi connectivity index (χ1) is 6.15. The lowest BCUT2D eigenvalue weighted by Gasteiger charge is -1.99. The Hall–Kier alpha value is -1.50. The van der Waals surface area contributed by atoms with Crippen LogP contribution in [0.1, 0.15) is 5.56 Å². The van der Waals surface area contributed by atoms with Gasteiger partial charge in [-0.2, -0.15) is 0 Å². The second-order valence-electron chi connectivity index (χ2n) is 2.49. The van der Waals surface area contributed by atoms with E-state index in [1.54, 1.807) is 0 Å². The van der Waals surface area contributed by atoms with Gasteiger partial charge in [-0.1, -0.05) is 0 Å². The molecule has 0 aromatic heterocycles. The van der Waals surface area contributed by atoms with Crippen LogP contribution in [0.5, 0.6) is 0 Å². The molecule has 0 amide bonds. The van der Waals surface area contributed by atoms with Crippen molar-refractivity contribution in [3.8, 4) is 0 Å². The highest BCUT2D eigenvalue weighted by Gasteiger charge is 2.09. The Balaban J connectivity index is 2.96. The number of benzene rings is 1. The Morgan fingerprint density at radius 1 is 1.08 bits per heavy atom. The topological polar surface area (TPSA) is 4.36 Å². The Morgan fingerprint density at radius 2 is 1.69 bits per heavy atom. The summed E-state index contributed by atoms with van der Waals surface area (Å²) in [6.07, 6.45) is 0.104. The lowest BCUT2D eigenvalue weighted by molar-refractivity contribution is 0.490. The summed E-state index contributed by atoms with van der Waals surface area (Å²) in [4.78, 5) is 2.99. The minimum absolute atomic E-state index is 0.0369. The highest BCUT2D eigenvalue weighted by Crippen LogP contribution is 2.14. The fourth-order valence-electron chi connectivity index (χ4n) is 0.932. The maximum absolute atomic E-state index is 12.8. The molecule has 0 aliphatic heterocycles. The van der Waals surface area contributed by atoms with E-state index < -0.39 is 17.5 Å². The van der Waals surface area contributed by atoms with E-state index in [2.05, 4.69) is 4.85 Å². The maximum Gasteiger partial charge on any atom is 0.218 e. The molecule has 0 unspecified atom stereocenters. The molecule has 1 rings (SSSR count). The van der Waals surface area contributed by atoms with Gasteiger partial charge in [0.05, 0.1) is 0 Å². The molecule has 0 bridgehead atoms. The first-order valence-corrected chi connectivity index (χ1v) is 3.62. The van der Waals surface area contributed by atoms with Crippen LogP contribution in [0.2, 0.25) is 0 Å². The fourth-order valence-corrected chi connectivity index (χ4v) is 0.932. The third kappa shape index (κ3) is 2.22. The van der Waals surface area contributed by atoms with E-state index in [1.165, 1.54) is 0 Å². The predicted octanol–water partition coefficient (Wildman–Crippen LogP) is 2.57. The van der Waals surface area contributed by atoms with Crippen molar-refractivity contribution in [3.05, 3.63) is 46.6 Å². The monoisotopic (exact) mass is 185 g/mol. The third-order valence-electron chi connectivity index (χ3n) is 1.58. The summed E-state index contributed by atoms with van der Waals surface area (Å²) in [5, 5.41) is 0. The average molecular weight is 185 g/mol. The summed E-state index contributed by atoms with van der Waals surface area (Å²) in [5.74, 6) is -3.09. The molecule has 1 aromatic carbocycles. The highest BCUT2D eigenvalue weighted by molar-refractivity contribution is 5.20. The Bertz CT molecular complexity index is 355. The molecular weight excluding hydrogens is 179 g/mol. The zero-order valence-corrected chi connectivity index (χ0v) is 6.65. The maximum atomic E-state index is 12.8. The van der Waals surface area contributed by atoms with E-state index in [-0.39, 0.29) is 18.5 Å². The molecule has 13 heavy (non-hydrogen) atoms. The van der Waals surface area contributed by atoms with Crippen molar-refractivity contribution in [2.45, 2.75) is 6.42 Å². The molecule has 4 heteroatoms. The van der Waals surface area contributed by atoms with Gasteiger partial charge >= 0.3 is 0 Å². The third-order valence-corrected chi connectivity index (χ3v) is 1.58. The molecule has 0 saturated heterocycles. The number of hydrogen-bond donors (Lipinski definition) is 0. The lowest BCUT2D eigenvalue weighted by Crippen LogP contribution is -1.96. The summed E-state index contributed by atoms with van der Waals surface area (Å²) in [6, 6.07) is 1.28. The molecule has 1 nitrogen and oxygen atoms in total. The van der Waals surface area contributed by atoms with Gasteiger partial charge in [-0.15, -0.1) is 0 Å². The minimum Gasteiger partial charge on any atom is -0.317 e. The van der Waals surface area contributed by atoms with Crippen LogP contribution >= 0.6 is 0 Å². The summed E-state index contributed by atoms with van der Waals surface area (Å²) < 4.78 is 37.8. The summed E-state index contributed by atoms with van der Waals surface area (Å²) in [5.41, 5.74) is 0.0369. The lowest BCUT2D eigenvalue weighted by atomic mass is 10.1. The molecule has 0 radical (unpaired) electrons. The molecular formula is C9H6F3N. The minimum atomic E-state index is -1.20. The molecule has 0 saturated carbocycles. The van der Waals surface area contributed by atoms with Crippen molar-refractivity contribution in [2.75, 3.05) is 6.54 Å². The van der Waals surface area contributed by atoms with Crippen molar-refractivity contribution in [3.63, 3.8) is 0 Å². The molecule has 68 valence electrons. The van der Waals surface area contributed by atoms with Gasteiger partial charge in [0.2, 0.25) is 6.54 Å². The quantitative estimate of drug-likeness (QED) is 0.492. The first-order valence-electron chi connectivity index (χ1n) is 3.62. The summed E-state index contributed by atoms with van der Waals surface area (Å²) in [6.45, 7) is 6.52. The number of hydrogen-bond acceptors (Lipinski definition) is 0. The molecule has 0 aliphatic rings. The fraction of sp³-hybridized carbons (Fsp3) is 0.222. The Morgan fingerprint density at radius 3 is 2.31 bits per heavy atom. The van der Waals surface area contributed by atoms with E-state index in [4.69, 9.17) is 6.57 Å². The van der Waals surface area contributed by atoms with Crippen LogP contribution in [0.25, 0.3) is 4.85 Å². The first kappa shape index (κ1) is 9.59. The number of halogens is 3. The molecule has 0 N–H and O–H groups in total. The van der Waals surface area contributed by atoms with Crippen LogP contribution < -0.4 is 0 Å². The smallest absolute Gasteiger partial charge is 0.218 e. The second-order valence-corrected chi connectivity index (χ2v) is 2.49. The van der Waals surface area contributed by atoms with Gasteiger partial charge in [-0.05, 0) is 11.6 Å². The molecule has 0 atom stereocenters. The van der Waals surface area contributed by atoms with Gasteiger partial charge in [0.1, 0.15) is 5.82 Å². The van der Waals surface area contributed by atoms with Crippen molar-refractivity contribution in [1.29, 1.82) is 0 Å². The van der Waals surface area contributed by atoms with Gasteiger partial charge < -0.3 is 4.85 Å². The molecule has 0 fully saturated rings. The van der Waals surface area contributed by atoms with Gasteiger partial charge in [0, 0.05) is 12.5 Å². The van der Waals surface area contributed by atoms with Crippen molar-refractivity contribution in [1.82, 2.24) is 0 Å². The predicted molar refractivity (Wildman–Crippen MR) is 41.5 cm³/mol. The van der Waals surface area contributed by atoms with Crippen molar-refractivity contribution in [2.24, 2.45) is 0 Å². The van der Waals surface area contributed by atoms with Crippen LogP contribution in [0.3, 0.4) is 0 Å². The molecule has 0 aliphatic carbocycles. The van der Waals surface area contributed by atoms with E-state index >= 15 is 0 Å². The average Bonchev–Trinajstić information content (AvgIpc) is 2.09. The van der Waals surface area contributed by atoms with Crippen LogP contribution in [0.4, 0.5) is 13.2 Å². The Labute approximate surface area is 73.6 Å². The van der Waals surface area contributed by atoms with E-state index in [0.29, 0.717) is 6.07 Å². The van der Waals surface area contributed by atoms with Crippen LogP contribution in [-0.4, -0.2) is 6.54 Å². The van der Waals surface area contributed by atoms with Crippen molar-refractivity contribution < 1.29 is 13.2 Å². The largest absolute Gasteiger partial charge is 0.317 e. The molecule has 1 aromatic rings. The normalized spacial score (nSPS) is 9.69. The van der Waals surface area contributed by atoms with Gasteiger partial charge in [-0.25, -0.2) is 19.7 Å². The number of nitrogens with zero attached hydrogens (tertiary/aromatic N) is 1.